The van der Waals surface area contributed by atoms with Crippen molar-refractivity contribution in [1.29, 1.82) is 0 Å². The van der Waals surface area contributed by atoms with Gasteiger partial charge in [0.1, 0.15) is 11.4 Å². The molecule has 1 saturated carbocycles. The maximum atomic E-state index is 13.0. The molecule has 0 N–H and O–H groups in total. The SMILES string of the molecule is CS(=O)(=O)[N+]1(c2ccccc2)C=C(N2CC3(CCOCC3)C2)C(C2CCC2)=N1. The molecule has 1 aliphatic carbocycles. The predicted octanol–water partition coefficient (Wildman–Crippen LogP) is 3.08. The van der Waals surface area contributed by atoms with Crippen molar-refractivity contribution in [3.63, 3.8) is 0 Å². The highest BCUT2D eigenvalue weighted by Gasteiger charge is 2.53. The fraction of sp³-hybridized carbons (Fsp3) is 0.571. The Balaban J connectivity index is 1.55. The summed E-state index contributed by atoms with van der Waals surface area (Å²) in [5.41, 5.74) is 3.04. The van der Waals surface area contributed by atoms with Crippen LogP contribution in [-0.2, 0) is 14.8 Å². The summed E-state index contributed by atoms with van der Waals surface area (Å²) in [6.45, 7) is 3.63. The van der Waals surface area contributed by atoms with Crippen molar-refractivity contribution in [3.8, 4) is 0 Å². The van der Waals surface area contributed by atoms with Crippen LogP contribution in [0.25, 0.3) is 0 Å². The second-order valence-electron chi connectivity index (χ2n) is 8.79. The number of nitrogens with zero attached hydrogens (tertiary/aromatic N) is 3. The summed E-state index contributed by atoms with van der Waals surface area (Å²) in [6.07, 6.45) is 8.75. The second kappa shape index (κ2) is 6.40. The number of sulfonamides is 1. The Labute approximate surface area is 167 Å². The van der Waals surface area contributed by atoms with Crippen molar-refractivity contribution < 1.29 is 13.2 Å². The number of rotatable bonds is 4. The Morgan fingerprint density at radius 3 is 2.39 bits per heavy atom. The van der Waals surface area contributed by atoms with E-state index in [0.29, 0.717) is 17.0 Å². The summed E-state index contributed by atoms with van der Waals surface area (Å²) >= 11 is 0. The molecule has 2 saturated heterocycles. The molecule has 1 unspecified atom stereocenters. The fourth-order valence-corrected chi connectivity index (χ4v) is 5.91. The van der Waals surface area contributed by atoms with Crippen molar-refractivity contribution in [2.45, 2.75) is 32.1 Å². The van der Waals surface area contributed by atoms with E-state index < -0.39 is 14.0 Å². The maximum Gasteiger partial charge on any atom is 0.328 e. The standard InChI is InChI=1S/C21H28N3O3S/c1-28(25,26)24(18-8-3-2-4-9-18)14-19(20(22-24)17-6-5-7-17)23-15-21(16-23)10-12-27-13-11-21/h2-4,8-9,14,17H,5-7,10-13,15-16H2,1H3/q+1. The Morgan fingerprint density at radius 1 is 1.14 bits per heavy atom. The molecule has 1 spiro atoms. The molecule has 4 aliphatic rings. The van der Waals surface area contributed by atoms with Crippen LogP contribution >= 0.6 is 0 Å². The smallest absolute Gasteiger partial charge is 0.328 e. The van der Waals surface area contributed by atoms with Crippen LogP contribution in [0.5, 0.6) is 0 Å². The van der Waals surface area contributed by atoms with Gasteiger partial charge in [-0.05, 0) is 29.7 Å². The number of ether oxygens (including phenoxy) is 1. The van der Waals surface area contributed by atoms with Gasteiger partial charge in [-0.2, -0.15) is 8.42 Å². The number of likely N-dealkylation sites (tertiary alicyclic amines) is 1. The number of hydrogen-bond donors (Lipinski definition) is 0. The molecule has 0 bridgehead atoms. The third-order valence-corrected chi connectivity index (χ3v) is 8.30. The van der Waals surface area contributed by atoms with E-state index in [4.69, 9.17) is 9.84 Å². The highest BCUT2D eigenvalue weighted by atomic mass is 32.2. The molecule has 5 rings (SSSR count). The summed E-state index contributed by atoms with van der Waals surface area (Å²) in [6, 6.07) is 9.39. The normalized spacial score (nSPS) is 29.8. The first-order chi connectivity index (χ1) is 13.4. The minimum absolute atomic E-state index is 0.333. The van der Waals surface area contributed by atoms with E-state index in [-0.39, 0.29) is 0 Å². The van der Waals surface area contributed by atoms with Crippen LogP contribution in [0.4, 0.5) is 5.69 Å². The molecule has 3 heterocycles. The Morgan fingerprint density at radius 2 is 1.82 bits per heavy atom. The lowest BCUT2D eigenvalue weighted by Crippen LogP contribution is -2.58. The van der Waals surface area contributed by atoms with Gasteiger partial charge in [0.2, 0.25) is 0 Å². The molecule has 0 radical (unpaired) electrons. The highest BCUT2D eigenvalue weighted by molar-refractivity contribution is 7.90. The van der Waals surface area contributed by atoms with Gasteiger partial charge in [-0.3, -0.25) is 0 Å². The fourth-order valence-electron chi connectivity index (χ4n) is 4.88. The van der Waals surface area contributed by atoms with Crippen LogP contribution in [0, 0.1) is 11.3 Å². The Kier molecular flexibility index (Phi) is 4.19. The van der Waals surface area contributed by atoms with Gasteiger partial charge in [-0.1, -0.05) is 29.7 Å². The molecular weight excluding hydrogens is 374 g/mol. The van der Waals surface area contributed by atoms with Gasteiger partial charge in [0, 0.05) is 49.8 Å². The second-order valence-corrected chi connectivity index (χ2v) is 10.8. The van der Waals surface area contributed by atoms with Crippen molar-refractivity contribution in [2.24, 2.45) is 16.4 Å². The van der Waals surface area contributed by atoms with Crippen LogP contribution < -0.4 is 4.00 Å². The molecule has 6 nitrogen and oxygen atoms in total. The number of hydrogen-bond acceptors (Lipinski definition) is 5. The van der Waals surface area contributed by atoms with E-state index in [9.17, 15) is 8.42 Å². The topological polar surface area (TPSA) is 59.0 Å². The van der Waals surface area contributed by atoms with Gasteiger partial charge in [-0.25, -0.2) is 0 Å². The van der Waals surface area contributed by atoms with E-state index in [1.165, 1.54) is 12.7 Å². The Bertz CT molecular complexity index is 923. The van der Waals surface area contributed by atoms with Gasteiger partial charge in [-0.15, -0.1) is 0 Å². The van der Waals surface area contributed by atoms with Crippen molar-refractivity contribution >= 4 is 21.4 Å². The van der Waals surface area contributed by atoms with Crippen LogP contribution in [0.2, 0.25) is 0 Å². The number of para-hydroxylation sites is 1. The van der Waals surface area contributed by atoms with Crippen LogP contribution in [0.15, 0.2) is 47.3 Å². The lowest BCUT2D eigenvalue weighted by atomic mass is 9.72. The summed E-state index contributed by atoms with van der Waals surface area (Å²) in [7, 11) is -3.52. The summed E-state index contributed by atoms with van der Waals surface area (Å²) < 4.78 is 31.1. The molecule has 3 fully saturated rings. The number of quaternary nitrogens is 1. The first-order valence-corrected chi connectivity index (χ1v) is 12.1. The van der Waals surface area contributed by atoms with E-state index in [0.717, 1.165) is 63.4 Å². The van der Waals surface area contributed by atoms with E-state index >= 15 is 0 Å². The first-order valence-electron chi connectivity index (χ1n) is 10.2. The molecule has 1 aromatic carbocycles. The summed E-state index contributed by atoms with van der Waals surface area (Å²) in [5.74, 6) is 0.378. The molecule has 1 atom stereocenters. The average molecular weight is 403 g/mol. The summed E-state index contributed by atoms with van der Waals surface area (Å²) in [4.78, 5) is 2.36. The number of benzene rings is 1. The van der Waals surface area contributed by atoms with E-state index in [2.05, 4.69) is 4.90 Å². The first kappa shape index (κ1) is 18.3. The van der Waals surface area contributed by atoms with Gasteiger partial charge >= 0.3 is 10.0 Å². The average Bonchev–Trinajstić information content (AvgIpc) is 3.01. The monoisotopic (exact) mass is 402 g/mol. The van der Waals surface area contributed by atoms with Gasteiger partial charge < -0.3 is 9.64 Å². The van der Waals surface area contributed by atoms with Crippen LogP contribution in [-0.4, -0.2) is 51.6 Å². The van der Waals surface area contributed by atoms with E-state index in [1.807, 2.05) is 36.5 Å². The van der Waals surface area contributed by atoms with Crippen LogP contribution in [0.1, 0.15) is 32.1 Å². The molecule has 1 aromatic rings. The van der Waals surface area contributed by atoms with Crippen molar-refractivity contribution in [1.82, 2.24) is 8.90 Å². The largest absolute Gasteiger partial charge is 0.381 e. The molecule has 150 valence electrons. The minimum Gasteiger partial charge on any atom is -0.381 e. The third-order valence-electron chi connectivity index (χ3n) is 6.89. The zero-order valence-electron chi connectivity index (χ0n) is 16.4. The van der Waals surface area contributed by atoms with Crippen molar-refractivity contribution in [2.75, 3.05) is 32.6 Å². The number of allylic oxidation sites excluding steroid dienone is 1. The highest BCUT2D eigenvalue weighted by Crippen LogP contribution is 2.46. The van der Waals surface area contributed by atoms with Gasteiger partial charge in [0.25, 0.3) is 0 Å². The summed E-state index contributed by atoms with van der Waals surface area (Å²) in [5, 5.41) is 4.91. The van der Waals surface area contributed by atoms with Gasteiger partial charge in [0.15, 0.2) is 11.9 Å². The molecule has 28 heavy (non-hydrogen) atoms. The van der Waals surface area contributed by atoms with Gasteiger partial charge in [0.05, 0.1) is 6.26 Å². The Hall–Kier alpha value is -1.70. The molecular formula is C21H28N3O3S+. The zero-order chi connectivity index (χ0) is 19.4. The zero-order valence-corrected chi connectivity index (χ0v) is 17.2. The quantitative estimate of drug-likeness (QED) is 0.727. The maximum absolute atomic E-state index is 13.0. The predicted molar refractivity (Wildman–Crippen MR) is 110 cm³/mol. The third kappa shape index (κ3) is 2.75. The van der Waals surface area contributed by atoms with E-state index in [1.54, 1.807) is 0 Å². The molecule has 0 aromatic heterocycles. The molecule has 3 aliphatic heterocycles. The minimum atomic E-state index is -3.52. The lowest BCUT2D eigenvalue weighted by molar-refractivity contribution is -0.0642. The van der Waals surface area contributed by atoms with Crippen LogP contribution in [0.3, 0.4) is 0 Å². The lowest BCUT2D eigenvalue weighted by Gasteiger charge is -2.53. The molecule has 0 amide bonds. The van der Waals surface area contributed by atoms with Crippen molar-refractivity contribution in [3.05, 3.63) is 42.2 Å². The molecule has 7 heteroatoms.